The number of phenols is 2. The number of methoxy groups -OCH3 is 1. The molecule has 0 spiro atoms. The molecule has 2 aromatic carbocycles. The van der Waals surface area contributed by atoms with Crippen molar-refractivity contribution in [1.82, 2.24) is 0 Å². The van der Waals surface area contributed by atoms with Crippen LogP contribution in [0.2, 0.25) is 0 Å². The monoisotopic (exact) mass is 258 g/mol. The molecule has 0 aliphatic rings. The standard InChI is InChI=1S/C14H10O5/c1-18-10-4-2-3-8-11(10)7-5-6-9(15)12(16)13(7)19-14(8)17/h2-6,15-16H,1H3. The molecule has 0 unspecified atom stereocenters. The van der Waals surface area contributed by atoms with Gasteiger partial charge in [-0.25, -0.2) is 4.79 Å². The summed E-state index contributed by atoms with van der Waals surface area (Å²) in [4.78, 5) is 11.9. The SMILES string of the molecule is COc1cccc2c(=O)oc3c(O)c(O)ccc3c12. The van der Waals surface area contributed by atoms with Crippen LogP contribution in [-0.2, 0) is 0 Å². The maximum Gasteiger partial charge on any atom is 0.344 e. The van der Waals surface area contributed by atoms with E-state index in [1.54, 1.807) is 24.3 Å². The fraction of sp³-hybridized carbons (Fsp3) is 0.0714. The van der Waals surface area contributed by atoms with Crippen LogP contribution in [0.1, 0.15) is 0 Å². The van der Waals surface area contributed by atoms with Crippen LogP contribution in [0, 0.1) is 0 Å². The highest BCUT2D eigenvalue weighted by molar-refractivity contribution is 6.09. The van der Waals surface area contributed by atoms with Gasteiger partial charge >= 0.3 is 5.63 Å². The average molecular weight is 258 g/mol. The van der Waals surface area contributed by atoms with Crippen molar-refractivity contribution in [2.24, 2.45) is 0 Å². The first kappa shape index (κ1) is 11.4. The maximum atomic E-state index is 11.9. The summed E-state index contributed by atoms with van der Waals surface area (Å²) in [5.74, 6) is -0.298. The minimum absolute atomic E-state index is 0.0537. The van der Waals surface area contributed by atoms with Gasteiger partial charge in [0, 0.05) is 10.8 Å². The van der Waals surface area contributed by atoms with Crippen LogP contribution < -0.4 is 10.4 Å². The Balaban J connectivity index is 2.66. The normalized spacial score (nSPS) is 11.0. The summed E-state index contributed by atoms with van der Waals surface area (Å²) in [6, 6.07) is 7.92. The third kappa shape index (κ3) is 1.52. The first-order chi connectivity index (χ1) is 9.13. The number of phenolic OH excluding ortho intramolecular Hbond substituents is 2. The van der Waals surface area contributed by atoms with Gasteiger partial charge in [-0.1, -0.05) is 6.07 Å². The van der Waals surface area contributed by atoms with Crippen molar-refractivity contribution in [1.29, 1.82) is 0 Å². The molecule has 0 atom stereocenters. The van der Waals surface area contributed by atoms with Gasteiger partial charge in [0.15, 0.2) is 11.3 Å². The molecule has 1 aromatic heterocycles. The molecule has 5 nitrogen and oxygen atoms in total. The first-order valence-corrected chi connectivity index (χ1v) is 5.58. The quantitative estimate of drug-likeness (QED) is 0.398. The Labute approximate surface area is 107 Å². The van der Waals surface area contributed by atoms with Gasteiger partial charge in [-0.3, -0.25) is 0 Å². The van der Waals surface area contributed by atoms with E-state index in [0.717, 1.165) is 0 Å². The Morgan fingerprint density at radius 1 is 1.11 bits per heavy atom. The smallest absolute Gasteiger partial charge is 0.344 e. The topological polar surface area (TPSA) is 79.9 Å². The summed E-state index contributed by atoms with van der Waals surface area (Å²) in [5, 5.41) is 20.7. The summed E-state index contributed by atoms with van der Waals surface area (Å²) in [6.07, 6.45) is 0. The zero-order valence-corrected chi connectivity index (χ0v) is 10.0. The minimum atomic E-state index is -0.595. The van der Waals surface area contributed by atoms with E-state index >= 15 is 0 Å². The molecule has 0 fully saturated rings. The van der Waals surface area contributed by atoms with Crippen LogP contribution >= 0.6 is 0 Å². The third-order valence-corrected chi connectivity index (χ3v) is 3.04. The molecule has 96 valence electrons. The minimum Gasteiger partial charge on any atom is -0.504 e. The molecule has 0 aliphatic heterocycles. The van der Waals surface area contributed by atoms with Gasteiger partial charge in [0.05, 0.1) is 12.5 Å². The number of rotatable bonds is 1. The van der Waals surface area contributed by atoms with Crippen molar-refractivity contribution in [2.75, 3.05) is 7.11 Å². The van der Waals surface area contributed by atoms with E-state index in [-0.39, 0.29) is 11.3 Å². The number of ether oxygens (including phenoxy) is 1. The van der Waals surface area contributed by atoms with Crippen LogP contribution in [0.4, 0.5) is 0 Å². The summed E-state index contributed by atoms with van der Waals surface area (Å²) in [7, 11) is 1.50. The molecular formula is C14H10O5. The molecule has 19 heavy (non-hydrogen) atoms. The van der Waals surface area contributed by atoms with Crippen LogP contribution in [0.25, 0.3) is 21.7 Å². The largest absolute Gasteiger partial charge is 0.504 e. The van der Waals surface area contributed by atoms with Crippen LogP contribution in [-0.4, -0.2) is 17.3 Å². The Kier molecular flexibility index (Phi) is 2.35. The molecule has 0 saturated heterocycles. The van der Waals surface area contributed by atoms with Crippen molar-refractivity contribution in [3.05, 3.63) is 40.8 Å². The lowest BCUT2D eigenvalue weighted by molar-refractivity contribution is 0.398. The van der Waals surface area contributed by atoms with Gasteiger partial charge in [-0.2, -0.15) is 0 Å². The lowest BCUT2D eigenvalue weighted by Gasteiger charge is -2.08. The highest BCUT2D eigenvalue weighted by atomic mass is 16.5. The average Bonchev–Trinajstić information content (AvgIpc) is 2.43. The van der Waals surface area contributed by atoms with Crippen LogP contribution in [0.3, 0.4) is 0 Å². The molecule has 3 rings (SSSR count). The van der Waals surface area contributed by atoms with Crippen molar-refractivity contribution in [2.45, 2.75) is 0 Å². The van der Waals surface area contributed by atoms with E-state index in [0.29, 0.717) is 21.9 Å². The van der Waals surface area contributed by atoms with E-state index in [1.807, 2.05) is 0 Å². The Morgan fingerprint density at radius 3 is 2.63 bits per heavy atom. The van der Waals surface area contributed by atoms with Crippen molar-refractivity contribution in [3.8, 4) is 17.2 Å². The summed E-state index contributed by atoms with van der Waals surface area (Å²) >= 11 is 0. The van der Waals surface area contributed by atoms with E-state index in [9.17, 15) is 15.0 Å². The predicted octanol–water partition coefficient (Wildman–Crippen LogP) is 2.37. The van der Waals surface area contributed by atoms with Crippen molar-refractivity contribution < 1.29 is 19.4 Å². The molecule has 0 amide bonds. The number of benzene rings is 2. The lowest BCUT2D eigenvalue weighted by atomic mass is 10.1. The second-order valence-electron chi connectivity index (χ2n) is 4.08. The second-order valence-corrected chi connectivity index (χ2v) is 4.08. The molecule has 0 radical (unpaired) electrons. The summed E-state index contributed by atoms with van der Waals surface area (Å²) < 4.78 is 10.3. The van der Waals surface area contributed by atoms with E-state index in [1.165, 1.54) is 13.2 Å². The molecule has 3 aromatic rings. The molecule has 1 heterocycles. The Hall–Kier alpha value is -2.69. The highest BCUT2D eigenvalue weighted by Gasteiger charge is 2.15. The molecular weight excluding hydrogens is 248 g/mol. The van der Waals surface area contributed by atoms with E-state index < -0.39 is 11.4 Å². The Morgan fingerprint density at radius 2 is 1.89 bits per heavy atom. The maximum absolute atomic E-state index is 11.9. The van der Waals surface area contributed by atoms with Gasteiger partial charge in [0.25, 0.3) is 0 Å². The zero-order valence-electron chi connectivity index (χ0n) is 10.0. The van der Waals surface area contributed by atoms with Crippen LogP contribution in [0.15, 0.2) is 39.5 Å². The second kappa shape index (κ2) is 3.91. The van der Waals surface area contributed by atoms with Crippen LogP contribution in [0.5, 0.6) is 17.2 Å². The molecule has 0 bridgehead atoms. The summed E-state index contributed by atoms with van der Waals surface area (Å²) in [6.45, 7) is 0. The third-order valence-electron chi connectivity index (χ3n) is 3.04. The highest BCUT2D eigenvalue weighted by Crippen LogP contribution is 2.38. The number of aromatic hydroxyl groups is 2. The van der Waals surface area contributed by atoms with Gasteiger partial charge in [-0.05, 0) is 24.3 Å². The molecule has 0 aliphatic carbocycles. The van der Waals surface area contributed by atoms with Crippen molar-refractivity contribution >= 4 is 21.7 Å². The van der Waals surface area contributed by atoms with E-state index in [4.69, 9.17) is 9.15 Å². The molecule has 0 saturated carbocycles. The first-order valence-electron chi connectivity index (χ1n) is 5.58. The van der Waals surface area contributed by atoms with Gasteiger partial charge in [0.1, 0.15) is 5.75 Å². The zero-order chi connectivity index (χ0) is 13.6. The van der Waals surface area contributed by atoms with Gasteiger partial charge in [0.2, 0.25) is 5.75 Å². The van der Waals surface area contributed by atoms with Crippen molar-refractivity contribution in [3.63, 3.8) is 0 Å². The molecule has 5 heteroatoms. The predicted molar refractivity (Wildman–Crippen MR) is 69.9 cm³/mol. The fourth-order valence-corrected chi connectivity index (χ4v) is 2.16. The number of fused-ring (bicyclic) bond motifs is 3. The molecule has 2 N–H and O–H groups in total. The number of hydrogen-bond acceptors (Lipinski definition) is 5. The van der Waals surface area contributed by atoms with E-state index in [2.05, 4.69) is 0 Å². The summed E-state index contributed by atoms with van der Waals surface area (Å²) in [5.41, 5.74) is -0.649. The van der Waals surface area contributed by atoms with Gasteiger partial charge < -0.3 is 19.4 Å². The van der Waals surface area contributed by atoms with Gasteiger partial charge in [-0.15, -0.1) is 0 Å². The number of hydrogen-bond donors (Lipinski definition) is 2. The Bertz CT molecular complexity index is 848. The fourth-order valence-electron chi connectivity index (χ4n) is 2.16. The lowest BCUT2D eigenvalue weighted by Crippen LogP contribution is -2.01.